The lowest BCUT2D eigenvalue weighted by Crippen LogP contribution is -2.27. The Morgan fingerprint density at radius 3 is 2.57 bits per heavy atom. The molecule has 0 aliphatic heterocycles. The number of benzene rings is 2. The van der Waals surface area contributed by atoms with E-state index in [1.807, 2.05) is 60.9 Å². The van der Waals surface area contributed by atoms with E-state index in [1.165, 1.54) is 0 Å². The molecule has 0 saturated carbocycles. The zero-order valence-electron chi connectivity index (χ0n) is 16.6. The molecule has 0 spiro atoms. The minimum Gasteiger partial charge on any atom is -0.364 e. The molecule has 1 unspecified atom stereocenters. The standard InChI is InChI=1S/C23H27N3O2/c1-17(2)22-24-12-13-26(22)15-20-10-7-11-21(14-20)25-23(27)18(3)28-16-19-8-5-4-6-9-19/h4-14,17-18H,15-16H2,1-3H3,(H,25,27). The summed E-state index contributed by atoms with van der Waals surface area (Å²) in [5, 5.41) is 2.95. The van der Waals surface area contributed by atoms with Crippen molar-refractivity contribution in [2.24, 2.45) is 0 Å². The molecular formula is C23H27N3O2. The number of aromatic nitrogens is 2. The molecule has 3 aromatic rings. The third-order valence-electron chi connectivity index (χ3n) is 4.52. The number of amides is 1. The van der Waals surface area contributed by atoms with Gasteiger partial charge >= 0.3 is 0 Å². The number of rotatable bonds is 8. The molecular weight excluding hydrogens is 350 g/mol. The van der Waals surface area contributed by atoms with Crippen LogP contribution in [0.5, 0.6) is 0 Å². The monoisotopic (exact) mass is 377 g/mol. The molecule has 0 radical (unpaired) electrons. The summed E-state index contributed by atoms with van der Waals surface area (Å²) in [7, 11) is 0. The zero-order valence-corrected chi connectivity index (χ0v) is 16.6. The SMILES string of the molecule is CC(OCc1ccccc1)C(=O)Nc1cccc(Cn2ccnc2C(C)C)c1. The van der Waals surface area contributed by atoms with E-state index in [9.17, 15) is 4.79 Å². The van der Waals surface area contributed by atoms with Crippen molar-refractivity contribution in [3.63, 3.8) is 0 Å². The second-order valence-corrected chi connectivity index (χ2v) is 7.20. The van der Waals surface area contributed by atoms with Crippen LogP contribution in [0.2, 0.25) is 0 Å². The molecule has 1 N–H and O–H groups in total. The molecule has 0 bridgehead atoms. The Hall–Kier alpha value is -2.92. The average Bonchev–Trinajstić information content (AvgIpc) is 3.15. The molecule has 146 valence electrons. The summed E-state index contributed by atoms with van der Waals surface area (Å²) >= 11 is 0. The number of carbonyl (C=O) groups excluding carboxylic acids is 1. The first-order valence-corrected chi connectivity index (χ1v) is 9.59. The van der Waals surface area contributed by atoms with Crippen LogP contribution in [-0.4, -0.2) is 21.6 Å². The molecule has 1 heterocycles. The van der Waals surface area contributed by atoms with Gasteiger partial charge in [0.1, 0.15) is 11.9 Å². The topological polar surface area (TPSA) is 56.1 Å². The van der Waals surface area contributed by atoms with E-state index in [1.54, 1.807) is 6.92 Å². The molecule has 28 heavy (non-hydrogen) atoms. The highest BCUT2D eigenvalue weighted by atomic mass is 16.5. The van der Waals surface area contributed by atoms with Crippen LogP contribution in [0, 0.1) is 0 Å². The van der Waals surface area contributed by atoms with Crippen LogP contribution in [0.25, 0.3) is 0 Å². The van der Waals surface area contributed by atoms with Gasteiger partial charge in [-0.05, 0) is 30.2 Å². The lowest BCUT2D eigenvalue weighted by Gasteiger charge is -2.15. The van der Waals surface area contributed by atoms with Gasteiger partial charge in [-0.1, -0.05) is 56.3 Å². The highest BCUT2D eigenvalue weighted by Crippen LogP contribution is 2.17. The normalized spacial score (nSPS) is 12.1. The van der Waals surface area contributed by atoms with Gasteiger partial charge in [-0.25, -0.2) is 4.98 Å². The highest BCUT2D eigenvalue weighted by Gasteiger charge is 2.14. The van der Waals surface area contributed by atoms with Crippen LogP contribution in [0.3, 0.4) is 0 Å². The fraction of sp³-hybridized carbons (Fsp3) is 0.304. The first-order chi connectivity index (χ1) is 13.5. The van der Waals surface area contributed by atoms with E-state index in [-0.39, 0.29) is 5.91 Å². The summed E-state index contributed by atoms with van der Waals surface area (Å²) in [5.41, 5.74) is 2.92. The van der Waals surface area contributed by atoms with E-state index in [4.69, 9.17) is 4.74 Å². The molecule has 1 atom stereocenters. The van der Waals surface area contributed by atoms with Crippen molar-refractivity contribution in [3.05, 3.63) is 83.9 Å². The Balaban J connectivity index is 1.59. The molecule has 0 saturated heterocycles. The van der Waals surface area contributed by atoms with E-state index in [0.29, 0.717) is 12.5 Å². The third-order valence-corrected chi connectivity index (χ3v) is 4.52. The average molecular weight is 377 g/mol. The van der Waals surface area contributed by atoms with Gasteiger partial charge in [0.25, 0.3) is 5.91 Å². The van der Waals surface area contributed by atoms with Gasteiger partial charge in [0.15, 0.2) is 0 Å². The molecule has 3 rings (SSSR count). The van der Waals surface area contributed by atoms with Gasteiger partial charge in [-0.2, -0.15) is 0 Å². The third kappa shape index (κ3) is 5.30. The molecule has 1 amide bonds. The highest BCUT2D eigenvalue weighted by molar-refractivity contribution is 5.93. The predicted molar refractivity (Wildman–Crippen MR) is 111 cm³/mol. The number of anilines is 1. The van der Waals surface area contributed by atoms with E-state index >= 15 is 0 Å². The summed E-state index contributed by atoms with van der Waals surface area (Å²) in [6, 6.07) is 17.7. The minimum absolute atomic E-state index is 0.154. The number of hydrogen-bond donors (Lipinski definition) is 1. The van der Waals surface area contributed by atoms with Gasteiger partial charge < -0.3 is 14.6 Å². The Morgan fingerprint density at radius 1 is 1.07 bits per heavy atom. The van der Waals surface area contributed by atoms with Gasteiger partial charge in [0.2, 0.25) is 0 Å². The number of imidazole rings is 1. The van der Waals surface area contributed by atoms with E-state index in [0.717, 1.165) is 29.2 Å². The van der Waals surface area contributed by atoms with Crippen molar-refractivity contribution in [3.8, 4) is 0 Å². The molecule has 5 heteroatoms. The smallest absolute Gasteiger partial charge is 0.253 e. The van der Waals surface area contributed by atoms with Crippen molar-refractivity contribution in [2.75, 3.05) is 5.32 Å². The maximum Gasteiger partial charge on any atom is 0.253 e. The second kappa shape index (κ2) is 9.33. The molecule has 0 fully saturated rings. The van der Waals surface area contributed by atoms with Crippen LogP contribution in [0.4, 0.5) is 5.69 Å². The van der Waals surface area contributed by atoms with Crippen LogP contribution >= 0.6 is 0 Å². The van der Waals surface area contributed by atoms with Crippen molar-refractivity contribution in [2.45, 2.75) is 45.9 Å². The fourth-order valence-electron chi connectivity index (χ4n) is 3.01. The Kier molecular flexibility index (Phi) is 6.61. The van der Waals surface area contributed by atoms with Crippen molar-refractivity contribution in [1.82, 2.24) is 9.55 Å². The minimum atomic E-state index is -0.537. The van der Waals surface area contributed by atoms with Crippen molar-refractivity contribution < 1.29 is 9.53 Å². The predicted octanol–water partition coefficient (Wildman–Crippen LogP) is 4.60. The maximum atomic E-state index is 12.5. The number of nitrogens with one attached hydrogen (secondary N) is 1. The lowest BCUT2D eigenvalue weighted by atomic mass is 10.1. The van der Waals surface area contributed by atoms with Crippen molar-refractivity contribution >= 4 is 11.6 Å². The van der Waals surface area contributed by atoms with Crippen LogP contribution in [0.1, 0.15) is 43.6 Å². The molecule has 1 aromatic heterocycles. The number of ether oxygens (including phenoxy) is 1. The van der Waals surface area contributed by atoms with Gasteiger partial charge in [-0.3, -0.25) is 4.79 Å². The molecule has 0 aliphatic rings. The number of nitrogens with zero attached hydrogens (tertiary/aromatic N) is 2. The first-order valence-electron chi connectivity index (χ1n) is 9.59. The largest absolute Gasteiger partial charge is 0.364 e. The number of hydrogen-bond acceptors (Lipinski definition) is 3. The second-order valence-electron chi connectivity index (χ2n) is 7.20. The van der Waals surface area contributed by atoms with Gasteiger partial charge in [-0.15, -0.1) is 0 Å². The molecule has 2 aromatic carbocycles. The quantitative estimate of drug-likeness (QED) is 0.624. The van der Waals surface area contributed by atoms with E-state index in [2.05, 4.69) is 34.8 Å². The van der Waals surface area contributed by atoms with Gasteiger partial charge in [0.05, 0.1) is 6.61 Å². The van der Waals surface area contributed by atoms with Crippen molar-refractivity contribution in [1.29, 1.82) is 0 Å². The van der Waals surface area contributed by atoms with Crippen LogP contribution < -0.4 is 5.32 Å². The fourth-order valence-corrected chi connectivity index (χ4v) is 3.01. The zero-order chi connectivity index (χ0) is 19.9. The van der Waals surface area contributed by atoms with Gasteiger partial charge in [0, 0.05) is 30.5 Å². The molecule has 5 nitrogen and oxygen atoms in total. The van der Waals surface area contributed by atoms with Crippen LogP contribution in [-0.2, 0) is 22.7 Å². The Morgan fingerprint density at radius 2 is 1.82 bits per heavy atom. The number of carbonyl (C=O) groups is 1. The summed E-state index contributed by atoms with van der Waals surface area (Å²) in [4.78, 5) is 16.9. The lowest BCUT2D eigenvalue weighted by molar-refractivity contribution is -0.127. The Labute approximate surface area is 166 Å². The summed E-state index contributed by atoms with van der Waals surface area (Å²) in [6.45, 7) is 7.16. The maximum absolute atomic E-state index is 12.5. The van der Waals surface area contributed by atoms with E-state index < -0.39 is 6.10 Å². The summed E-state index contributed by atoms with van der Waals surface area (Å²) in [5.74, 6) is 1.26. The van der Waals surface area contributed by atoms with Crippen LogP contribution in [0.15, 0.2) is 67.0 Å². The summed E-state index contributed by atoms with van der Waals surface area (Å²) < 4.78 is 7.83. The first kappa shape index (κ1) is 19.8. The Bertz CT molecular complexity index is 903. The molecule has 0 aliphatic carbocycles. The summed E-state index contributed by atoms with van der Waals surface area (Å²) in [6.07, 6.45) is 3.28.